The van der Waals surface area contributed by atoms with Gasteiger partial charge in [-0.3, -0.25) is 4.90 Å². The summed E-state index contributed by atoms with van der Waals surface area (Å²) in [7, 11) is 4.24. The van der Waals surface area contributed by atoms with Crippen molar-refractivity contribution in [3.05, 3.63) is 23.7 Å². The Bertz CT molecular complexity index is 360. The number of furan rings is 1. The SMILES string of the molecule is CCCN(CCN(C)C)Cc1ccc(CNC(C)C)o1. The van der Waals surface area contributed by atoms with Gasteiger partial charge in [0.1, 0.15) is 11.5 Å². The molecule has 0 aliphatic heterocycles. The molecule has 0 aromatic carbocycles. The van der Waals surface area contributed by atoms with Gasteiger partial charge in [-0.25, -0.2) is 0 Å². The van der Waals surface area contributed by atoms with Crippen molar-refractivity contribution in [1.29, 1.82) is 0 Å². The van der Waals surface area contributed by atoms with Gasteiger partial charge in [0.2, 0.25) is 0 Å². The molecule has 116 valence electrons. The van der Waals surface area contributed by atoms with Gasteiger partial charge in [-0.15, -0.1) is 0 Å². The summed E-state index contributed by atoms with van der Waals surface area (Å²) < 4.78 is 5.90. The number of nitrogens with zero attached hydrogens (tertiary/aromatic N) is 2. The highest BCUT2D eigenvalue weighted by Crippen LogP contribution is 2.11. The van der Waals surface area contributed by atoms with Crippen LogP contribution >= 0.6 is 0 Å². The van der Waals surface area contributed by atoms with E-state index in [0.29, 0.717) is 6.04 Å². The molecule has 0 aliphatic carbocycles. The lowest BCUT2D eigenvalue weighted by molar-refractivity contribution is 0.216. The van der Waals surface area contributed by atoms with Gasteiger partial charge in [0.05, 0.1) is 13.1 Å². The van der Waals surface area contributed by atoms with Crippen molar-refractivity contribution in [1.82, 2.24) is 15.1 Å². The molecule has 0 bridgehead atoms. The zero-order chi connectivity index (χ0) is 15.0. The molecule has 0 fully saturated rings. The van der Waals surface area contributed by atoms with Gasteiger partial charge in [-0.05, 0) is 39.2 Å². The van der Waals surface area contributed by atoms with Gasteiger partial charge in [0.25, 0.3) is 0 Å². The molecule has 4 nitrogen and oxygen atoms in total. The Morgan fingerprint density at radius 2 is 1.80 bits per heavy atom. The second-order valence-corrected chi connectivity index (χ2v) is 5.98. The first kappa shape index (κ1) is 17.2. The zero-order valence-electron chi connectivity index (χ0n) is 13.8. The second-order valence-electron chi connectivity index (χ2n) is 5.98. The molecule has 1 heterocycles. The molecular weight excluding hydrogens is 250 g/mol. The summed E-state index contributed by atoms with van der Waals surface area (Å²) in [5, 5.41) is 3.38. The molecule has 0 spiro atoms. The van der Waals surface area contributed by atoms with E-state index in [1.54, 1.807) is 0 Å². The number of rotatable bonds is 10. The first-order chi connectivity index (χ1) is 9.51. The van der Waals surface area contributed by atoms with Crippen LogP contribution in [0.15, 0.2) is 16.5 Å². The summed E-state index contributed by atoms with van der Waals surface area (Å²) in [6.45, 7) is 11.5. The minimum Gasteiger partial charge on any atom is -0.463 e. The van der Waals surface area contributed by atoms with Crippen LogP contribution in [0.2, 0.25) is 0 Å². The van der Waals surface area contributed by atoms with E-state index in [4.69, 9.17) is 4.42 Å². The summed E-state index contributed by atoms with van der Waals surface area (Å²) in [5.41, 5.74) is 0. The fourth-order valence-corrected chi connectivity index (χ4v) is 2.05. The third-order valence-corrected chi connectivity index (χ3v) is 3.18. The molecule has 1 aromatic rings. The molecule has 4 heteroatoms. The Morgan fingerprint density at radius 1 is 1.10 bits per heavy atom. The maximum absolute atomic E-state index is 5.90. The summed E-state index contributed by atoms with van der Waals surface area (Å²) in [6, 6.07) is 4.68. The molecule has 0 saturated heterocycles. The quantitative estimate of drug-likeness (QED) is 0.714. The third kappa shape index (κ3) is 7.08. The molecule has 1 N–H and O–H groups in total. The van der Waals surface area contributed by atoms with Crippen LogP contribution in [-0.2, 0) is 13.1 Å². The van der Waals surface area contributed by atoms with Gasteiger partial charge in [-0.1, -0.05) is 20.8 Å². The van der Waals surface area contributed by atoms with Crippen LogP contribution in [-0.4, -0.2) is 49.6 Å². The van der Waals surface area contributed by atoms with Crippen LogP contribution in [0.1, 0.15) is 38.7 Å². The Kier molecular flexibility index (Phi) is 7.88. The predicted molar refractivity (Wildman–Crippen MR) is 84.8 cm³/mol. The summed E-state index contributed by atoms with van der Waals surface area (Å²) in [6.07, 6.45) is 1.18. The second kappa shape index (κ2) is 9.16. The first-order valence-corrected chi connectivity index (χ1v) is 7.69. The van der Waals surface area contributed by atoms with Crippen molar-refractivity contribution >= 4 is 0 Å². The van der Waals surface area contributed by atoms with Crippen molar-refractivity contribution < 1.29 is 4.42 Å². The third-order valence-electron chi connectivity index (χ3n) is 3.18. The lowest BCUT2D eigenvalue weighted by Gasteiger charge is -2.22. The van der Waals surface area contributed by atoms with E-state index < -0.39 is 0 Å². The van der Waals surface area contributed by atoms with E-state index in [1.165, 1.54) is 6.42 Å². The minimum atomic E-state index is 0.486. The fourth-order valence-electron chi connectivity index (χ4n) is 2.05. The molecule has 1 rings (SSSR count). The van der Waals surface area contributed by atoms with Crippen molar-refractivity contribution in [3.63, 3.8) is 0 Å². The Hall–Kier alpha value is -0.840. The van der Waals surface area contributed by atoms with Gasteiger partial charge in [-0.2, -0.15) is 0 Å². The summed E-state index contributed by atoms with van der Waals surface area (Å²) >= 11 is 0. The van der Waals surface area contributed by atoms with Crippen LogP contribution in [0.5, 0.6) is 0 Å². The topological polar surface area (TPSA) is 31.6 Å². The number of likely N-dealkylation sites (N-methyl/N-ethyl adjacent to an activating group) is 1. The molecule has 20 heavy (non-hydrogen) atoms. The van der Waals surface area contributed by atoms with Gasteiger partial charge in [0, 0.05) is 19.1 Å². The Balaban J connectivity index is 2.46. The Labute approximate surface area is 124 Å². The van der Waals surface area contributed by atoms with Crippen LogP contribution in [0.4, 0.5) is 0 Å². The van der Waals surface area contributed by atoms with Crippen molar-refractivity contribution in [2.75, 3.05) is 33.7 Å². The standard InChI is InChI=1S/C16H31N3O/c1-6-9-19(11-10-18(4)5)13-16-8-7-15(20-16)12-17-14(2)3/h7-8,14,17H,6,9-13H2,1-5H3. The highest BCUT2D eigenvalue weighted by atomic mass is 16.3. The van der Waals surface area contributed by atoms with Gasteiger partial charge >= 0.3 is 0 Å². The molecule has 0 amide bonds. The number of hydrogen-bond donors (Lipinski definition) is 1. The predicted octanol–water partition coefficient (Wildman–Crippen LogP) is 2.55. The lowest BCUT2D eigenvalue weighted by atomic mass is 10.3. The van der Waals surface area contributed by atoms with E-state index in [2.05, 4.69) is 62.1 Å². The summed E-state index contributed by atoms with van der Waals surface area (Å²) in [4.78, 5) is 4.68. The van der Waals surface area contributed by atoms with Crippen LogP contribution < -0.4 is 5.32 Å². The highest BCUT2D eigenvalue weighted by Gasteiger charge is 2.09. The van der Waals surface area contributed by atoms with Crippen LogP contribution in [0.25, 0.3) is 0 Å². The average molecular weight is 281 g/mol. The maximum Gasteiger partial charge on any atom is 0.118 e. The van der Waals surface area contributed by atoms with E-state index in [1.807, 2.05) is 0 Å². The highest BCUT2D eigenvalue weighted by molar-refractivity contribution is 5.07. The number of nitrogens with one attached hydrogen (secondary N) is 1. The fraction of sp³-hybridized carbons (Fsp3) is 0.750. The molecule has 0 unspecified atom stereocenters. The van der Waals surface area contributed by atoms with Gasteiger partial charge < -0.3 is 14.6 Å². The molecule has 0 atom stereocenters. The molecule has 0 radical (unpaired) electrons. The number of hydrogen-bond acceptors (Lipinski definition) is 4. The van der Waals surface area contributed by atoms with Crippen molar-refractivity contribution in [3.8, 4) is 0 Å². The first-order valence-electron chi connectivity index (χ1n) is 7.69. The van der Waals surface area contributed by atoms with Crippen molar-refractivity contribution in [2.45, 2.75) is 46.3 Å². The Morgan fingerprint density at radius 3 is 2.40 bits per heavy atom. The molecule has 1 aromatic heterocycles. The molecule has 0 saturated carbocycles. The van der Waals surface area contributed by atoms with E-state index >= 15 is 0 Å². The average Bonchev–Trinajstić information content (AvgIpc) is 2.81. The zero-order valence-corrected chi connectivity index (χ0v) is 13.8. The smallest absolute Gasteiger partial charge is 0.118 e. The lowest BCUT2D eigenvalue weighted by Crippen LogP contribution is -2.31. The van der Waals surface area contributed by atoms with E-state index in [0.717, 1.165) is 44.2 Å². The molecule has 0 aliphatic rings. The van der Waals surface area contributed by atoms with E-state index in [-0.39, 0.29) is 0 Å². The largest absolute Gasteiger partial charge is 0.463 e. The van der Waals surface area contributed by atoms with Crippen LogP contribution in [0.3, 0.4) is 0 Å². The summed E-state index contributed by atoms with van der Waals surface area (Å²) in [5.74, 6) is 2.09. The molecular formula is C16H31N3O. The van der Waals surface area contributed by atoms with Crippen LogP contribution in [0, 0.1) is 0 Å². The van der Waals surface area contributed by atoms with Gasteiger partial charge in [0.15, 0.2) is 0 Å². The maximum atomic E-state index is 5.90. The van der Waals surface area contributed by atoms with Crippen molar-refractivity contribution in [2.24, 2.45) is 0 Å². The minimum absolute atomic E-state index is 0.486. The normalized spacial score (nSPS) is 12.0. The monoisotopic (exact) mass is 281 g/mol. The van der Waals surface area contributed by atoms with E-state index in [9.17, 15) is 0 Å².